The van der Waals surface area contributed by atoms with Crippen LogP contribution in [0.4, 0.5) is 0 Å². The minimum atomic E-state index is 0.478. The molecule has 0 aliphatic heterocycles. The zero-order chi connectivity index (χ0) is 9.80. The van der Waals surface area contributed by atoms with Gasteiger partial charge in [-0.15, -0.1) is 0 Å². The van der Waals surface area contributed by atoms with E-state index in [1.54, 1.807) is 0 Å². The molecule has 1 nitrogen and oxygen atoms in total. The van der Waals surface area contributed by atoms with E-state index in [0.717, 1.165) is 12.8 Å². The lowest BCUT2D eigenvalue weighted by Gasteiger charge is -2.28. The molecule has 0 bridgehead atoms. The molecule has 0 saturated carbocycles. The first-order chi connectivity index (χ1) is 6.84. The molecule has 0 N–H and O–H groups in total. The maximum absolute atomic E-state index is 6.10. The molecule has 0 aromatic rings. The molecule has 0 aromatic heterocycles. The van der Waals surface area contributed by atoms with Gasteiger partial charge in [-0.3, -0.25) is 0 Å². The van der Waals surface area contributed by atoms with Gasteiger partial charge in [0.1, 0.15) is 0 Å². The standard InChI is InChI=1S/C13H20O/c1-11-6-5-9-13(10-11)14-12-7-3-2-4-8-12/h2-3,5-6,11-13H,4,7-10H2,1H3. The van der Waals surface area contributed by atoms with Gasteiger partial charge in [0.25, 0.3) is 0 Å². The zero-order valence-corrected chi connectivity index (χ0v) is 8.99. The summed E-state index contributed by atoms with van der Waals surface area (Å²) in [5.41, 5.74) is 0. The maximum Gasteiger partial charge on any atom is 0.0618 e. The summed E-state index contributed by atoms with van der Waals surface area (Å²) in [6.07, 6.45) is 15.9. The van der Waals surface area contributed by atoms with Crippen molar-refractivity contribution in [3.8, 4) is 0 Å². The topological polar surface area (TPSA) is 9.23 Å². The fourth-order valence-electron chi connectivity index (χ4n) is 2.32. The third-order valence-electron chi connectivity index (χ3n) is 3.10. The summed E-state index contributed by atoms with van der Waals surface area (Å²) in [6, 6.07) is 0. The van der Waals surface area contributed by atoms with Crippen LogP contribution in [0.15, 0.2) is 24.3 Å². The van der Waals surface area contributed by atoms with Crippen molar-refractivity contribution in [1.29, 1.82) is 0 Å². The van der Waals surface area contributed by atoms with Gasteiger partial charge in [0.2, 0.25) is 0 Å². The number of rotatable bonds is 2. The Balaban J connectivity index is 1.79. The Hall–Kier alpha value is -0.560. The summed E-state index contributed by atoms with van der Waals surface area (Å²) in [5.74, 6) is 0.702. The molecule has 0 amide bonds. The van der Waals surface area contributed by atoms with E-state index < -0.39 is 0 Å². The molecule has 0 spiro atoms. The van der Waals surface area contributed by atoms with E-state index in [9.17, 15) is 0 Å². The van der Waals surface area contributed by atoms with E-state index in [1.807, 2.05) is 0 Å². The van der Waals surface area contributed by atoms with Gasteiger partial charge < -0.3 is 4.74 Å². The number of hydrogen-bond acceptors (Lipinski definition) is 1. The van der Waals surface area contributed by atoms with Gasteiger partial charge in [-0.2, -0.15) is 0 Å². The molecule has 0 fully saturated rings. The highest BCUT2D eigenvalue weighted by molar-refractivity contribution is 4.96. The maximum atomic E-state index is 6.10. The van der Waals surface area contributed by atoms with Crippen molar-refractivity contribution >= 4 is 0 Å². The van der Waals surface area contributed by atoms with Crippen molar-refractivity contribution in [1.82, 2.24) is 0 Å². The van der Waals surface area contributed by atoms with Crippen LogP contribution in [0.5, 0.6) is 0 Å². The molecule has 3 atom stereocenters. The van der Waals surface area contributed by atoms with Gasteiger partial charge >= 0.3 is 0 Å². The first-order valence-corrected chi connectivity index (χ1v) is 5.81. The monoisotopic (exact) mass is 192 g/mol. The lowest BCUT2D eigenvalue weighted by Crippen LogP contribution is -2.25. The molecule has 0 heterocycles. The highest BCUT2D eigenvalue weighted by Gasteiger charge is 2.19. The van der Waals surface area contributed by atoms with E-state index in [4.69, 9.17) is 4.74 Å². The third-order valence-corrected chi connectivity index (χ3v) is 3.10. The second kappa shape index (κ2) is 4.79. The van der Waals surface area contributed by atoms with Gasteiger partial charge in [0.05, 0.1) is 12.2 Å². The van der Waals surface area contributed by atoms with Gasteiger partial charge in [-0.1, -0.05) is 31.2 Å². The van der Waals surface area contributed by atoms with E-state index in [1.165, 1.54) is 19.3 Å². The molecule has 78 valence electrons. The molecule has 2 aliphatic rings. The summed E-state index contributed by atoms with van der Waals surface area (Å²) in [6.45, 7) is 2.27. The average molecular weight is 192 g/mol. The Labute approximate surface area is 86.8 Å². The summed E-state index contributed by atoms with van der Waals surface area (Å²) in [5, 5.41) is 0. The molecule has 1 heteroatoms. The van der Waals surface area contributed by atoms with Crippen molar-refractivity contribution in [2.24, 2.45) is 5.92 Å². The SMILES string of the molecule is CC1C=CCC(OC2CC=CCC2)C1. The second-order valence-electron chi connectivity index (χ2n) is 4.54. The summed E-state index contributed by atoms with van der Waals surface area (Å²) in [4.78, 5) is 0. The molecule has 0 saturated heterocycles. The lowest BCUT2D eigenvalue weighted by atomic mass is 9.94. The first-order valence-electron chi connectivity index (χ1n) is 5.81. The number of ether oxygens (including phenoxy) is 1. The van der Waals surface area contributed by atoms with E-state index in [2.05, 4.69) is 31.2 Å². The van der Waals surface area contributed by atoms with Crippen molar-refractivity contribution in [3.05, 3.63) is 24.3 Å². The molecule has 0 aromatic carbocycles. The van der Waals surface area contributed by atoms with E-state index in [-0.39, 0.29) is 0 Å². The highest BCUT2D eigenvalue weighted by Crippen LogP contribution is 2.24. The third kappa shape index (κ3) is 2.71. The Morgan fingerprint density at radius 2 is 1.93 bits per heavy atom. The van der Waals surface area contributed by atoms with Gasteiger partial charge in [0.15, 0.2) is 0 Å². The number of hydrogen-bond donors (Lipinski definition) is 0. The minimum absolute atomic E-state index is 0.478. The van der Waals surface area contributed by atoms with E-state index in [0.29, 0.717) is 18.1 Å². The zero-order valence-electron chi connectivity index (χ0n) is 8.99. The Bertz CT molecular complexity index is 229. The second-order valence-corrected chi connectivity index (χ2v) is 4.54. The summed E-state index contributed by atoms with van der Waals surface area (Å²) in [7, 11) is 0. The van der Waals surface area contributed by atoms with Crippen LogP contribution >= 0.6 is 0 Å². The van der Waals surface area contributed by atoms with Crippen LogP contribution in [0.3, 0.4) is 0 Å². The Kier molecular flexibility index (Phi) is 3.41. The lowest BCUT2D eigenvalue weighted by molar-refractivity contribution is -0.0247. The van der Waals surface area contributed by atoms with Crippen LogP contribution < -0.4 is 0 Å². The Morgan fingerprint density at radius 1 is 1.07 bits per heavy atom. The van der Waals surface area contributed by atoms with Gasteiger partial charge in [-0.25, -0.2) is 0 Å². The van der Waals surface area contributed by atoms with Gasteiger partial charge in [-0.05, 0) is 38.0 Å². The van der Waals surface area contributed by atoms with Crippen molar-refractivity contribution in [2.45, 2.75) is 51.2 Å². The van der Waals surface area contributed by atoms with Crippen molar-refractivity contribution < 1.29 is 4.74 Å². The molecule has 14 heavy (non-hydrogen) atoms. The minimum Gasteiger partial charge on any atom is -0.374 e. The smallest absolute Gasteiger partial charge is 0.0618 e. The predicted molar refractivity (Wildman–Crippen MR) is 59.2 cm³/mol. The average Bonchev–Trinajstić information content (AvgIpc) is 2.19. The van der Waals surface area contributed by atoms with Crippen molar-refractivity contribution in [3.63, 3.8) is 0 Å². The van der Waals surface area contributed by atoms with Gasteiger partial charge in [0, 0.05) is 0 Å². The molecule has 3 unspecified atom stereocenters. The molecule has 2 rings (SSSR count). The van der Waals surface area contributed by atoms with Crippen LogP contribution in [0.1, 0.15) is 39.0 Å². The van der Waals surface area contributed by atoms with Crippen LogP contribution in [-0.2, 0) is 4.74 Å². The van der Waals surface area contributed by atoms with Crippen molar-refractivity contribution in [2.75, 3.05) is 0 Å². The summed E-state index contributed by atoms with van der Waals surface area (Å²) < 4.78 is 6.10. The molecular weight excluding hydrogens is 172 g/mol. The van der Waals surface area contributed by atoms with Crippen LogP contribution in [-0.4, -0.2) is 12.2 Å². The number of allylic oxidation sites excluding steroid dienone is 2. The highest BCUT2D eigenvalue weighted by atomic mass is 16.5. The van der Waals surface area contributed by atoms with Crippen LogP contribution in [0, 0.1) is 5.92 Å². The molecule has 2 aliphatic carbocycles. The fraction of sp³-hybridized carbons (Fsp3) is 0.692. The van der Waals surface area contributed by atoms with Crippen LogP contribution in [0.25, 0.3) is 0 Å². The van der Waals surface area contributed by atoms with Crippen LogP contribution in [0.2, 0.25) is 0 Å². The normalized spacial score (nSPS) is 37.4. The quantitative estimate of drug-likeness (QED) is 0.609. The predicted octanol–water partition coefficient (Wildman–Crippen LogP) is 3.47. The first kappa shape index (κ1) is 9.97. The summed E-state index contributed by atoms with van der Waals surface area (Å²) >= 11 is 0. The Morgan fingerprint density at radius 3 is 2.64 bits per heavy atom. The fourth-order valence-corrected chi connectivity index (χ4v) is 2.32. The largest absolute Gasteiger partial charge is 0.374 e. The van der Waals surface area contributed by atoms with E-state index >= 15 is 0 Å². The molecular formula is C13H20O. The molecule has 0 radical (unpaired) electrons.